The number of hydrogen-bond donors (Lipinski definition) is 2. The average molecular weight is 493 g/mol. The summed E-state index contributed by atoms with van der Waals surface area (Å²) in [5.41, 5.74) is 4.39. The molecular weight excluding hydrogens is 466 g/mol. The van der Waals surface area contributed by atoms with Crippen LogP contribution in [0.1, 0.15) is 37.3 Å². The molecule has 0 saturated heterocycles. The van der Waals surface area contributed by atoms with Crippen LogP contribution in [-0.2, 0) is 6.54 Å². The standard InChI is InChI=1S/C27H26F2N4O3/c1-15-5-3-8-19(11-15)23-13-22-24(33(23)14-17-9-10-20(28)21(29)12-17)25(30-16(2)18-6-4-7-18)32-26(31-22)36-27(34)35/h3,5,8-13,16,18H,4,6-7,14H2,1-2H3,(H,34,35)(H,30,31,32)/t16-/m1/s1. The molecule has 2 aromatic heterocycles. The Morgan fingerprint density at radius 2 is 1.97 bits per heavy atom. The van der Waals surface area contributed by atoms with Crippen LogP contribution >= 0.6 is 0 Å². The molecule has 7 nitrogen and oxygen atoms in total. The van der Waals surface area contributed by atoms with Gasteiger partial charge in [0.25, 0.3) is 0 Å². The molecule has 1 saturated carbocycles. The molecule has 1 fully saturated rings. The Morgan fingerprint density at radius 1 is 1.17 bits per heavy atom. The van der Waals surface area contributed by atoms with E-state index in [1.54, 1.807) is 0 Å². The summed E-state index contributed by atoms with van der Waals surface area (Å²) in [5.74, 6) is -0.932. The van der Waals surface area contributed by atoms with E-state index in [1.807, 2.05) is 41.8 Å². The monoisotopic (exact) mass is 492 g/mol. The van der Waals surface area contributed by atoms with Gasteiger partial charge < -0.3 is 19.7 Å². The van der Waals surface area contributed by atoms with Gasteiger partial charge >= 0.3 is 12.2 Å². The Balaban J connectivity index is 1.71. The van der Waals surface area contributed by atoms with Crippen molar-refractivity contribution >= 4 is 23.0 Å². The molecule has 0 radical (unpaired) electrons. The summed E-state index contributed by atoms with van der Waals surface area (Å²) in [7, 11) is 0. The number of hydrogen-bond acceptors (Lipinski definition) is 5. The number of carbonyl (C=O) groups is 1. The number of benzene rings is 2. The Morgan fingerprint density at radius 3 is 2.64 bits per heavy atom. The van der Waals surface area contributed by atoms with Crippen LogP contribution in [-0.4, -0.2) is 31.8 Å². The highest BCUT2D eigenvalue weighted by molar-refractivity contribution is 5.92. The molecule has 2 N–H and O–H groups in total. The summed E-state index contributed by atoms with van der Waals surface area (Å²) in [4.78, 5) is 20.0. The first-order chi connectivity index (χ1) is 17.3. The molecule has 5 rings (SSSR count). The van der Waals surface area contributed by atoms with E-state index in [2.05, 4.69) is 22.2 Å². The predicted molar refractivity (Wildman–Crippen MR) is 132 cm³/mol. The minimum Gasteiger partial charge on any atom is -0.449 e. The number of ether oxygens (including phenoxy) is 1. The first-order valence-electron chi connectivity index (χ1n) is 11.9. The molecule has 0 amide bonds. The fraction of sp³-hybridized carbons (Fsp3) is 0.296. The lowest BCUT2D eigenvalue weighted by molar-refractivity contribution is 0.140. The van der Waals surface area contributed by atoms with Crippen LogP contribution in [0.4, 0.5) is 19.4 Å². The number of carboxylic acid groups (broad SMARTS) is 1. The van der Waals surface area contributed by atoms with E-state index >= 15 is 0 Å². The van der Waals surface area contributed by atoms with E-state index in [4.69, 9.17) is 9.84 Å². The van der Waals surface area contributed by atoms with Gasteiger partial charge in [-0.25, -0.2) is 13.6 Å². The summed E-state index contributed by atoms with van der Waals surface area (Å²) in [6.07, 6.45) is 1.87. The average Bonchev–Trinajstić information content (AvgIpc) is 3.13. The molecule has 0 spiro atoms. The van der Waals surface area contributed by atoms with Gasteiger partial charge in [-0.05, 0) is 68.0 Å². The summed E-state index contributed by atoms with van der Waals surface area (Å²) in [6.45, 7) is 4.27. The Labute approximate surface area is 206 Å². The maximum absolute atomic E-state index is 14.1. The number of aryl methyl sites for hydroxylation is 1. The lowest BCUT2D eigenvalue weighted by atomic mass is 9.80. The molecule has 2 aromatic carbocycles. The van der Waals surface area contributed by atoms with Crippen molar-refractivity contribution in [2.24, 2.45) is 5.92 Å². The van der Waals surface area contributed by atoms with Crippen LogP contribution in [0.15, 0.2) is 48.5 Å². The summed E-state index contributed by atoms with van der Waals surface area (Å²) >= 11 is 0. The van der Waals surface area contributed by atoms with Crippen LogP contribution in [0.5, 0.6) is 6.01 Å². The summed E-state index contributed by atoms with van der Waals surface area (Å²) < 4.78 is 34.4. The van der Waals surface area contributed by atoms with Crippen molar-refractivity contribution in [2.45, 2.75) is 45.7 Å². The maximum atomic E-state index is 14.1. The van der Waals surface area contributed by atoms with Crippen LogP contribution in [0, 0.1) is 24.5 Å². The van der Waals surface area contributed by atoms with Crippen LogP contribution in [0.25, 0.3) is 22.3 Å². The lowest BCUT2D eigenvalue weighted by Crippen LogP contribution is -2.31. The van der Waals surface area contributed by atoms with Crippen LogP contribution < -0.4 is 10.1 Å². The second-order valence-electron chi connectivity index (χ2n) is 9.31. The molecule has 0 aliphatic heterocycles. The number of nitrogens with zero attached hydrogens (tertiary/aromatic N) is 3. The molecule has 2 heterocycles. The Hall–Kier alpha value is -4.01. The van der Waals surface area contributed by atoms with Gasteiger partial charge in [0.1, 0.15) is 5.52 Å². The highest BCUT2D eigenvalue weighted by Gasteiger charge is 2.27. The third-order valence-corrected chi connectivity index (χ3v) is 6.76. The Bertz CT molecular complexity index is 1450. The first-order valence-corrected chi connectivity index (χ1v) is 11.9. The lowest BCUT2D eigenvalue weighted by Gasteiger charge is -2.32. The van der Waals surface area contributed by atoms with E-state index in [1.165, 1.54) is 18.6 Å². The molecule has 1 atom stereocenters. The first kappa shape index (κ1) is 23.7. The third-order valence-electron chi connectivity index (χ3n) is 6.76. The minimum absolute atomic E-state index is 0.0866. The van der Waals surface area contributed by atoms with Gasteiger partial charge in [-0.2, -0.15) is 9.97 Å². The van der Waals surface area contributed by atoms with E-state index in [0.717, 1.165) is 35.7 Å². The number of halogens is 2. The van der Waals surface area contributed by atoms with Crippen molar-refractivity contribution < 1.29 is 23.4 Å². The van der Waals surface area contributed by atoms with E-state index in [-0.39, 0.29) is 18.6 Å². The van der Waals surface area contributed by atoms with Gasteiger partial charge in [-0.1, -0.05) is 36.2 Å². The Kier molecular flexibility index (Phi) is 6.30. The van der Waals surface area contributed by atoms with E-state index < -0.39 is 17.8 Å². The van der Waals surface area contributed by atoms with Crippen LogP contribution in [0.2, 0.25) is 0 Å². The normalized spacial score (nSPS) is 14.4. The largest absolute Gasteiger partial charge is 0.513 e. The van der Waals surface area contributed by atoms with Gasteiger partial charge in [0.15, 0.2) is 17.5 Å². The number of fused-ring (bicyclic) bond motifs is 1. The zero-order valence-corrected chi connectivity index (χ0v) is 20.0. The molecule has 9 heteroatoms. The van der Waals surface area contributed by atoms with Gasteiger partial charge in [0, 0.05) is 12.6 Å². The summed E-state index contributed by atoms with van der Waals surface area (Å²) in [5, 5.41) is 12.6. The zero-order chi connectivity index (χ0) is 25.4. The highest BCUT2D eigenvalue weighted by Crippen LogP contribution is 2.36. The predicted octanol–water partition coefficient (Wildman–Crippen LogP) is 6.39. The zero-order valence-electron chi connectivity index (χ0n) is 20.0. The van der Waals surface area contributed by atoms with Crippen molar-refractivity contribution in [1.29, 1.82) is 0 Å². The second-order valence-corrected chi connectivity index (χ2v) is 9.31. The molecule has 186 valence electrons. The summed E-state index contributed by atoms with van der Waals surface area (Å²) in [6, 6.07) is 13.4. The van der Waals surface area contributed by atoms with Gasteiger partial charge in [0.05, 0.1) is 11.2 Å². The SMILES string of the molecule is Cc1cccc(-c2cc3nc(OC(=O)O)nc(N[C@H](C)C4CCC4)c3n2Cc2ccc(F)c(F)c2)c1. The molecule has 0 bridgehead atoms. The number of anilines is 1. The smallest absolute Gasteiger partial charge is 0.449 e. The van der Waals surface area contributed by atoms with Crippen molar-refractivity contribution in [3.05, 3.63) is 71.3 Å². The molecule has 4 aromatic rings. The van der Waals surface area contributed by atoms with Crippen molar-refractivity contribution in [3.8, 4) is 17.3 Å². The van der Waals surface area contributed by atoms with Crippen molar-refractivity contribution in [2.75, 3.05) is 5.32 Å². The third kappa shape index (κ3) is 4.73. The second kappa shape index (κ2) is 9.56. The van der Waals surface area contributed by atoms with Crippen molar-refractivity contribution in [3.63, 3.8) is 0 Å². The quantitative estimate of drug-likeness (QED) is 0.291. The van der Waals surface area contributed by atoms with Crippen molar-refractivity contribution in [1.82, 2.24) is 14.5 Å². The van der Waals surface area contributed by atoms with Gasteiger partial charge in [0.2, 0.25) is 0 Å². The molecule has 0 unspecified atom stereocenters. The molecule has 36 heavy (non-hydrogen) atoms. The van der Waals surface area contributed by atoms with Gasteiger partial charge in [-0.15, -0.1) is 0 Å². The van der Waals surface area contributed by atoms with E-state index in [9.17, 15) is 13.6 Å². The van der Waals surface area contributed by atoms with E-state index in [0.29, 0.717) is 28.3 Å². The fourth-order valence-electron chi connectivity index (χ4n) is 4.67. The molecular formula is C27H26F2N4O3. The van der Waals surface area contributed by atoms with Gasteiger partial charge in [-0.3, -0.25) is 0 Å². The molecule has 1 aliphatic rings. The highest BCUT2D eigenvalue weighted by atomic mass is 19.2. The number of nitrogens with one attached hydrogen (secondary N) is 1. The van der Waals surface area contributed by atoms with Crippen LogP contribution in [0.3, 0.4) is 0 Å². The molecule has 1 aliphatic carbocycles. The fourth-order valence-corrected chi connectivity index (χ4v) is 4.67. The maximum Gasteiger partial charge on any atom is 0.513 e. The number of aromatic nitrogens is 3. The topological polar surface area (TPSA) is 89.3 Å². The number of rotatable bonds is 7. The minimum atomic E-state index is -1.51.